The van der Waals surface area contributed by atoms with Crippen LogP contribution in [0.3, 0.4) is 0 Å². The Balaban J connectivity index is 2.34. The molecule has 1 rings (SSSR count). The Morgan fingerprint density at radius 2 is 2.25 bits per heavy atom. The Morgan fingerprint density at radius 1 is 1.50 bits per heavy atom. The largest absolute Gasteiger partial charge is 0.312 e. The fraction of sp³-hybridized carbons (Fsp3) is 0.500. The summed E-state index contributed by atoms with van der Waals surface area (Å²) in [4.78, 5) is 0. The molecule has 0 aliphatic rings. The van der Waals surface area contributed by atoms with Crippen LogP contribution in [0.2, 0.25) is 5.02 Å². The summed E-state index contributed by atoms with van der Waals surface area (Å²) in [7, 11) is 0. The maximum absolute atomic E-state index is 6.03. The zero-order valence-electron chi connectivity index (χ0n) is 9.59. The molecule has 0 aromatic heterocycles. The lowest BCUT2D eigenvalue weighted by atomic mass is 10.2. The second-order valence-corrected chi connectivity index (χ2v) is 6.11. The lowest BCUT2D eigenvalue weighted by Crippen LogP contribution is -2.21. The molecule has 1 unspecified atom stereocenters. The Morgan fingerprint density at radius 3 is 2.88 bits per heavy atom. The summed E-state index contributed by atoms with van der Waals surface area (Å²) in [5, 5.41) is 4.22. The summed E-state index contributed by atoms with van der Waals surface area (Å²) in [6.45, 7) is 4.19. The second kappa shape index (κ2) is 7.59. The van der Waals surface area contributed by atoms with Gasteiger partial charge in [0.25, 0.3) is 0 Å². The highest BCUT2D eigenvalue weighted by Crippen LogP contribution is 2.23. The van der Waals surface area contributed by atoms with E-state index in [-0.39, 0.29) is 0 Å². The summed E-state index contributed by atoms with van der Waals surface area (Å²) < 4.78 is 0.952. The first kappa shape index (κ1) is 14.4. The molecule has 0 fully saturated rings. The maximum Gasteiger partial charge on any atom is 0.0551 e. The van der Waals surface area contributed by atoms with Crippen LogP contribution in [0, 0.1) is 5.92 Å². The Bertz CT molecular complexity index is 333. The number of hydrogen-bond acceptors (Lipinski definition) is 2. The zero-order valence-corrected chi connectivity index (χ0v) is 12.8. The molecule has 0 bridgehead atoms. The molecule has 0 heterocycles. The normalized spacial score (nSPS) is 12.8. The van der Waals surface area contributed by atoms with Crippen LogP contribution in [0.4, 0.5) is 0 Å². The summed E-state index contributed by atoms with van der Waals surface area (Å²) in [6.07, 6.45) is 2.14. The van der Waals surface area contributed by atoms with Gasteiger partial charge >= 0.3 is 0 Å². The topological polar surface area (TPSA) is 12.0 Å². The van der Waals surface area contributed by atoms with Gasteiger partial charge in [-0.1, -0.05) is 24.6 Å². The van der Waals surface area contributed by atoms with Crippen molar-refractivity contribution in [3.05, 3.63) is 33.3 Å². The number of benzene rings is 1. The Hall–Kier alpha value is 0.300. The molecule has 0 saturated carbocycles. The van der Waals surface area contributed by atoms with Gasteiger partial charge in [0, 0.05) is 11.0 Å². The second-order valence-electron chi connectivity index (χ2n) is 3.94. The molecule has 1 aromatic carbocycles. The Labute approximate surface area is 115 Å². The third-order valence-electron chi connectivity index (χ3n) is 2.26. The highest BCUT2D eigenvalue weighted by Gasteiger charge is 2.02. The third kappa shape index (κ3) is 5.09. The highest BCUT2D eigenvalue weighted by atomic mass is 79.9. The van der Waals surface area contributed by atoms with Crippen molar-refractivity contribution in [2.45, 2.75) is 13.5 Å². The summed E-state index contributed by atoms with van der Waals surface area (Å²) in [5.41, 5.74) is 1.23. The molecule has 90 valence electrons. The maximum atomic E-state index is 6.03. The molecule has 0 spiro atoms. The van der Waals surface area contributed by atoms with Crippen LogP contribution in [-0.4, -0.2) is 18.6 Å². The average Bonchev–Trinajstić information content (AvgIpc) is 2.24. The molecular formula is C12H17BrClNS. The van der Waals surface area contributed by atoms with Gasteiger partial charge in [-0.2, -0.15) is 11.8 Å². The first-order valence-electron chi connectivity index (χ1n) is 5.27. The molecule has 0 aliphatic carbocycles. The molecule has 0 radical (unpaired) electrons. The van der Waals surface area contributed by atoms with Crippen LogP contribution < -0.4 is 5.32 Å². The van der Waals surface area contributed by atoms with E-state index in [0.717, 1.165) is 22.6 Å². The van der Waals surface area contributed by atoms with Crippen LogP contribution in [0.25, 0.3) is 0 Å². The van der Waals surface area contributed by atoms with Crippen LogP contribution in [0.1, 0.15) is 12.5 Å². The third-order valence-corrected chi connectivity index (χ3v) is 4.39. The van der Waals surface area contributed by atoms with E-state index in [0.29, 0.717) is 5.92 Å². The van der Waals surface area contributed by atoms with E-state index in [4.69, 9.17) is 11.6 Å². The van der Waals surface area contributed by atoms with Gasteiger partial charge < -0.3 is 5.32 Å². The van der Waals surface area contributed by atoms with Crippen molar-refractivity contribution in [1.82, 2.24) is 5.32 Å². The molecule has 0 amide bonds. The van der Waals surface area contributed by atoms with Crippen molar-refractivity contribution in [3.8, 4) is 0 Å². The number of hydrogen-bond donors (Lipinski definition) is 1. The van der Waals surface area contributed by atoms with Gasteiger partial charge in [0.1, 0.15) is 0 Å². The molecule has 1 aromatic rings. The lowest BCUT2D eigenvalue weighted by Gasteiger charge is -2.11. The molecule has 0 saturated heterocycles. The monoisotopic (exact) mass is 321 g/mol. The number of nitrogens with one attached hydrogen (secondary N) is 1. The van der Waals surface area contributed by atoms with Crippen molar-refractivity contribution < 1.29 is 0 Å². The van der Waals surface area contributed by atoms with Crippen LogP contribution >= 0.6 is 39.3 Å². The standard InChI is InChI=1S/C12H17BrClNS/c1-9(8-16-2)6-15-7-10-3-4-11(13)12(14)5-10/h3-5,9,15H,6-8H2,1-2H3. The van der Waals surface area contributed by atoms with E-state index >= 15 is 0 Å². The van der Waals surface area contributed by atoms with Gasteiger partial charge in [0.2, 0.25) is 0 Å². The van der Waals surface area contributed by atoms with Crippen molar-refractivity contribution in [2.24, 2.45) is 5.92 Å². The summed E-state index contributed by atoms with van der Waals surface area (Å²) >= 11 is 11.3. The van der Waals surface area contributed by atoms with Gasteiger partial charge in [-0.05, 0) is 58.1 Å². The quantitative estimate of drug-likeness (QED) is 0.843. The van der Waals surface area contributed by atoms with Crippen LogP contribution in [0.15, 0.2) is 22.7 Å². The van der Waals surface area contributed by atoms with E-state index in [1.165, 1.54) is 11.3 Å². The smallest absolute Gasteiger partial charge is 0.0551 e. The lowest BCUT2D eigenvalue weighted by molar-refractivity contribution is 0.559. The van der Waals surface area contributed by atoms with Gasteiger partial charge in [-0.15, -0.1) is 0 Å². The van der Waals surface area contributed by atoms with Gasteiger partial charge in [0.15, 0.2) is 0 Å². The average molecular weight is 323 g/mol. The fourth-order valence-electron chi connectivity index (χ4n) is 1.46. The predicted octanol–water partition coefficient (Wildman–Crippen LogP) is 4.19. The minimum atomic E-state index is 0.709. The van der Waals surface area contributed by atoms with Crippen molar-refractivity contribution >= 4 is 39.3 Å². The van der Waals surface area contributed by atoms with Gasteiger partial charge in [0.05, 0.1) is 5.02 Å². The molecule has 1 N–H and O–H groups in total. The fourth-order valence-corrected chi connectivity index (χ4v) is 2.59. The van der Waals surface area contributed by atoms with E-state index < -0.39 is 0 Å². The molecular weight excluding hydrogens is 306 g/mol. The number of halogens is 2. The van der Waals surface area contributed by atoms with E-state index in [9.17, 15) is 0 Å². The van der Waals surface area contributed by atoms with Crippen molar-refractivity contribution in [2.75, 3.05) is 18.6 Å². The minimum Gasteiger partial charge on any atom is -0.312 e. The van der Waals surface area contributed by atoms with Gasteiger partial charge in [-0.25, -0.2) is 0 Å². The molecule has 1 atom stereocenters. The van der Waals surface area contributed by atoms with Gasteiger partial charge in [-0.3, -0.25) is 0 Å². The predicted molar refractivity (Wildman–Crippen MR) is 78.4 cm³/mol. The van der Waals surface area contributed by atoms with Crippen molar-refractivity contribution in [3.63, 3.8) is 0 Å². The number of rotatable bonds is 6. The molecule has 0 aliphatic heterocycles. The minimum absolute atomic E-state index is 0.709. The molecule has 1 nitrogen and oxygen atoms in total. The first-order valence-corrected chi connectivity index (χ1v) is 7.83. The van der Waals surface area contributed by atoms with E-state index in [1.807, 2.05) is 23.9 Å². The molecule has 4 heteroatoms. The SMILES string of the molecule is CSCC(C)CNCc1ccc(Br)c(Cl)c1. The van der Waals surface area contributed by atoms with E-state index in [1.54, 1.807) is 0 Å². The molecule has 16 heavy (non-hydrogen) atoms. The summed E-state index contributed by atoms with van der Waals surface area (Å²) in [5.74, 6) is 1.91. The number of thioether (sulfide) groups is 1. The Kier molecular flexibility index (Phi) is 6.81. The summed E-state index contributed by atoms with van der Waals surface area (Å²) in [6, 6.07) is 6.07. The van der Waals surface area contributed by atoms with E-state index in [2.05, 4.69) is 40.5 Å². The highest BCUT2D eigenvalue weighted by molar-refractivity contribution is 9.10. The van der Waals surface area contributed by atoms with Crippen molar-refractivity contribution in [1.29, 1.82) is 0 Å². The van der Waals surface area contributed by atoms with Crippen LogP contribution in [0.5, 0.6) is 0 Å². The zero-order chi connectivity index (χ0) is 12.0. The van der Waals surface area contributed by atoms with Crippen LogP contribution in [-0.2, 0) is 6.54 Å². The first-order chi connectivity index (χ1) is 7.63.